The summed E-state index contributed by atoms with van der Waals surface area (Å²) in [6.07, 6.45) is 0.940. The fraction of sp³-hybridized carbons (Fsp3) is 0.476. The van der Waals surface area contributed by atoms with Gasteiger partial charge in [-0.2, -0.15) is 0 Å². The summed E-state index contributed by atoms with van der Waals surface area (Å²) in [5, 5.41) is 0.689. The number of fused-ring (bicyclic) bond motifs is 1. The molecule has 4 heterocycles. The lowest BCUT2D eigenvalue weighted by molar-refractivity contribution is 0.187. The molecule has 0 bridgehead atoms. The largest absolute Gasteiger partial charge is 0.379 e. The Morgan fingerprint density at radius 3 is 2.53 bits per heavy atom. The van der Waals surface area contributed by atoms with Gasteiger partial charge in [-0.3, -0.25) is 0 Å². The number of ether oxygens (including phenoxy) is 1. The topological polar surface area (TPSA) is 59.3 Å². The highest BCUT2D eigenvalue weighted by Crippen LogP contribution is 2.36. The standard InChI is InChI=1S/C21H25ClN6O.ClH/c1-14-23-20(27-10-8-26(2)9-11-27)18-21(24-14)28(15-7-12-29-13-15)19(25-18)16-5-3-4-6-17(16)22;/h3-6,15H,7-13H2,1-2H3;1H. The first kappa shape index (κ1) is 21.3. The lowest BCUT2D eigenvalue weighted by Crippen LogP contribution is -2.45. The van der Waals surface area contributed by atoms with Gasteiger partial charge in [0.25, 0.3) is 0 Å². The zero-order chi connectivity index (χ0) is 20.0. The van der Waals surface area contributed by atoms with Crippen molar-refractivity contribution in [3.8, 4) is 11.4 Å². The fourth-order valence-corrected chi connectivity index (χ4v) is 4.43. The fourth-order valence-electron chi connectivity index (χ4n) is 4.21. The van der Waals surface area contributed by atoms with Crippen LogP contribution in [0.2, 0.25) is 5.02 Å². The molecule has 0 radical (unpaired) electrons. The molecule has 2 fully saturated rings. The van der Waals surface area contributed by atoms with Crippen molar-refractivity contribution in [2.75, 3.05) is 51.3 Å². The minimum Gasteiger partial charge on any atom is -0.379 e. The van der Waals surface area contributed by atoms with Gasteiger partial charge in [0.05, 0.1) is 17.7 Å². The normalized spacial score (nSPS) is 20.0. The smallest absolute Gasteiger partial charge is 0.166 e. The summed E-state index contributed by atoms with van der Waals surface area (Å²) in [4.78, 5) is 19.4. The van der Waals surface area contributed by atoms with Gasteiger partial charge in [0.1, 0.15) is 11.6 Å². The second-order valence-electron chi connectivity index (χ2n) is 7.86. The Balaban J connectivity index is 0.00000218. The van der Waals surface area contributed by atoms with E-state index >= 15 is 0 Å². The quantitative estimate of drug-likeness (QED) is 0.609. The van der Waals surface area contributed by atoms with Crippen molar-refractivity contribution in [1.82, 2.24) is 24.4 Å². The molecule has 2 aliphatic rings. The predicted molar refractivity (Wildman–Crippen MR) is 122 cm³/mol. The zero-order valence-electron chi connectivity index (χ0n) is 17.2. The molecule has 9 heteroatoms. The summed E-state index contributed by atoms with van der Waals surface area (Å²) in [6, 6.07) is 8.06. The maximum atomic E-state index is 6.56. The van der Waals surface area contributed by atoms with E-state index in [1.54, 1.807) is 0 Å². The van der Waals surface area contributed by atoms with E-state index in [9.17, 15) is 0 Å². The molecule has 2 saturated heterocycles. The molecule has 160 valence electrons. The molecule has 2 aliphatic heterocycles. The minimum atomic E-state index is 0. The summed E-state index contributed by atoms with van der Waals surface area (Å²) < 4.78 is 7.92. The summed E-state index contributed by atoms with van der Waals surface area (Å²) in [7, 11) is 2.16. The van der Waals surface area contributed by atoms with Crippen LogP contribution in [-0.4, -0.2) is 70.9 Å². The average Bonchev–Trinajstić information content (AvgIpc) is 3.36. The third kappa shape index (κ3) is 3.75. The van der Waals surface area contributed by atoms with Crippen LogP contribution in [0.5, 0.6) is 0 Å². The van der Waals surface area contributed by atoms with E-state index in [4.69, 9.17) is 31.3 Å². The molecule has 0 N–H and O–H groups in total. The number of aryl methyl sites for hydroxylation is 1. The van der Waals surface area contributed by atoms with Crippen LogP contribution in [0, 0.1) is 6.92 Å². The molecule has 0 spiro atoms. The maximum absolute atomic E-state index is 6.56. The Morgan fingerprint density at radius 1 is 1.07 bits per heavy atom. The number of imidazole rings is 1. The number of hydrogen-bond donors (Lipinski definition) is 0. The molecule has 5 rings (SSSR count). The van der Waals surface area contributed by atoms with E-state index in [-0.39, 0.29) is 18.4 Å². The molecule has 1 aromatic carbocycles. The van der Waals surface area contributed by atoms with Gasteiger partial charge in [-0.1, -0.05) is 23.7 Å². The van der Waals surface area contributed by atoms with E-state index in [1.807, 2.05) is 31.2 Å². The summed E-state index contributed by atoms with van der Waals surface area (Å²) in [6.45, 7) is 7.26. The van der Waals surface area contributed by atoms with Gasteiger partial charge in [0, 0.05) is 38.3 Å². The van der Waals surface area contributed by atoms with Crippen molar-refractivity contribution in [3.05, 3.63) is 35.1 Å². The molecule has 7 nitrogen and oxygen atoms in total. The van der Waals surface area contributed by atoms with E-state index in [0.717, 1.165) is 73.4 Å². The lowest BCUT2D eigenvalue weighted by atomic mass is 10.2. The van der Waals surface area contributed by atoms with Gasteiger partial charge in [0.2, 0.25) is 0 Å². The van der Waals surface area contributed by atoms with Crippen molar-refractivity contribution in [2.45, 2.75) is 19.4 Å². The van der Waals surface area contributed by atoms with Crippen LogP contribution in [0.3, 0.4) is 0 Å². The van der Waals surface area contributed by atoms with Crippen LogP contribution in [0.25, 0.3) is 22.6 Å². The summed E-state index contributed by atoms with van der Waals surface area (Å²) >= 11 is 6.56. The van der Waals surface area contributed by atoms with Crippen LogP contribution < -0.4 is 4.90 Å². The summed E-state index contributed by atoms with van der Waals surface area (Å²) in [5.41, 5.74) is 2.64. The van der Waals surface area contributed by atoms with Crippen molar-refractivity contribution < 1.29 is 4.74 Å². The predicted octanol–water partition coefficient (Wildman–Crippen LogP) is 3.59. The van der Waals surface area contributed by atoms with Gasteiger partial charge >= 0.3 is 0 Å². The van der Waals surface area contributed by atoms with Crippen LogP contribution in [0.1, 0.15) is 18.3 Å². The van der Waals surface area contributed by atoms with Gasteiger partial charge in [-0.25, -0.2) is 15.0 Å². The molecule has 0 amide bonds. The van der Waals surface area contributed by atoms with E-state index < -0.39 is 0 Å². The van der Waals surface area contributed by atoms with Crippen LogP contribution in [-0.2, 0) is 4.74 Å². The van der Waals surface area contributed by atoms with Crippen LogP contribution in [0.15, 0.2) is 24.3 Å². The number of halogens is 2. The monoisotopic (exact) mass is 448 g/mol. The summed E-state index contributed by atoms with van der Waals surface area (Å²) in [5.74, 6) is 2.53. The van der Waals surface area contributed by atoms with Gasteiger partial charge in [-0.05, 0) is 32.5 Å². The van der Waals surface area contributed by atoms with E-state index in [0.29, 0.717) is 11.6 Å². The number of nitrogens with zero attached hydrogens (tertiary/aromatic N) is 6. The Kier molecular flexibility index (Phi) is 6.16. The third-order valence-electron chi connectivity index (χ3n) is 5.82. The first-order valence-electron chi connectivity index (χ1n) is 10.1. The molecule has 30 heavy (non-hydrogen) atoms. The number of anilines is 1. The zero-order valence-corrected chi connectivity index (χ0v) is 18.8. The minimum absolute atomic E-state index is 0. The van der Waals surface area contributed by atoms with Crippen molar-refractivity contribution >= 4 is 41.0 Å². The number of likely N-dealkylation sites (N-methyl/N-ethyl adjacent to an activating group) is 1. The molecule has 1 unspecified atom stereocenters. The number of piperazine rings is 1. The van der Waals surface area contributed by atoms with Gasteiger partial charge in [-0.15, -0.1) is 12.4 Å². The Hall–Kier alpha value is -1.93. The second kappa shape index (κ2) is 8.67. The Bertz CT molecular complexity index is 1040. The maximum Gasteiger partial charge on any atom is 0.166 e. The van der Waals surface area contributed by atoms with Crippen LogP contribution in [0.4, 0.5) is 5.82 Å². The number of benzene rings is 1. The highest BCUT2D eigenvalue weighted by molar-refractivity contribution is 6.33. The SMILES string of the molecule is Cc1nc(N2CCN(C)CC2)c2nc(-c3ccccc3Cl)n(C3CCOC3)c2n1.Cl. The average molecular weight is 449 g/mol. The first-order chi connectivity index (χ1) is 14.1. The van der Waals surface area contributed by atoms with Gasteiger partial charge < -0.3 is 19.1 Å². The second-order valence-corrected chi connectivity index (χ2v) is 8.27. The molecule has 2 aromatic heterocycles. The van der Waals surface area contributed by atoms with Crippen molar-refractivity contribution in [2.24, 2.45) is 0 Å². The highest BCUT2D eigenvalue weighted by atomic mass is 35.5. The molecule has 0 saturated carbocycles. The number of rotatable bonds is 3. The molecular formula is C21H26Cl2N6O. The first-order valence-corrected chi connectivity index (χ1v) is 10.5. The Morgan fingerprint density at radius 2 is 1.83 bits per heavy atom. The molecule has 3 aromatic rings. The van der Waals surface area contributed by atoms with Crippen molar-refractivity contribution in [3.63, 3.8) is 0 Å². The third-order valence-corrected chi connectivity index (χ3v) is 6.15. The Labute approximate surface area is 187 Å². The number of hydrogen-bond acceptors (Lipinski definition) is 6. The van der Waals surface area contributed by atoms with E-state index in [2.05, 4.69) is 21.4 Å². The molecule has 0 aliphatic carbocycles. The number of aromatic nitrogens is 4. The van der Waals surface area contributed by atoms with Crippen LogP contribution >= 0.6 is 24.0 Å². The lowest BCUT2D eigenvalue weighted by Gasteiger charge is -2.33. The van der Waals surface area contributed by atoms with Crippen molar-refractivity contribution in [1.29, 1.82) is 0 Å². The van der Waals surface area contributed by atoms with Gasteiger partial charge in [0.15, 0.2) is 17.0 Å². The van der Waals surface area contributed by atoms with E-state index in [1.165, 1.54) is 0 Å². The molecule has 1 atom stereocenters. The molecular weight excluding hydrogens is 423 g/mol. The highest BCUT2D eigenvalue weighted by Gasteiger charge is 2.29.